The van der Waals surface area contributed by atoms with Crippen molar-refractivity contribution in [3.8, 4) is 0 Å². The van der Waals surface area contributed by atoms with Gasteiger partial charge in [0.2, 0.25) is 0 Å². The van der Waals surface area contributed by atoms with Crippen LogP contribution >= 0.6 is 0 Å². The molecule has 48 valence electrons. The van der Waals surface area contributed by atoms with E-state index in [1.807, 2.05) is 5.09 Å². The molecular weight excluding hydrogens is 137 g/mol. The molecule has 0 aromatic rings. The van der Waals surface area contributed by atoms with Gasteiger partial charge in [-0.15, -0.1) is 0 Å². The Bertz CT molecular complexity index is 62.8. The minimum atomic E-state index is -4.09. The van der Waals surface area contributed by atoms with Crippen LogP contribution in [0.2, 0.25) is 0 Å². The Morgan fingerprint density at radius 2 is 1.88 bits per heavy atom. The lowest BCUT2D eigenvalue weighted by atomic mass is 11.5. The summed E-state index contributed by atoms with van der Waals surface area (Å²) >= 11 is 0. The summed E-state index contributed by atoms with van der Waals surface area (Å²) in [5, 5.41) is 1.94. The summed E-state index contributed by atoms with van der Waals surface area (Å²) in [7, 11) is 0.168. The van der Waals surface area contributed by atoms with E-state index in [1.165, 1.54) is 7.05 Å². The van der Waals surface area contributed by atoms with Gasteiger partial charge in [0.05, 0.1) is 0 Å². The maximum Gasteiger partial charge on any atom is 0.376 e. The zero-order valence-electron chi connectivity index (χ0n) is 4.13. The summed E-state index contributed by atoms with van der Waals surface area (Å²) in [5.41, 5.74) is 2.17. The number of hydrogen-bond donors (Lipinski definition) is 2. The Morgan fingerprint density at radius 1 is 1.38 bits per heavy atom. The van der Waals surface area contributed by atoms with Crippen molar-refractivity contribution in [2.45, 2.75) is 5.80 Å². The molecule has 0 bridgehead atoms. The van der Waals surface area contributed by atoms with Gasteiger partial charge in [0, 0.05) is 0 Å². The highest BCUT2D eigenvalue weighted by atomic mass is 28.2. The maximum atomic E-state index is 11.2. The Labute approximate surface area is 47.3 Å². The third-order valence-electron chi connectivity index (χ3n) is 0.329. The first kappa shape index (κ1) is 7.93. The molecule has 0 spiro atoms. The molecule has 0 aliphatic carbocycles. The number of halogens is 3. The summed E-state index contributed by atoms with van der Waals surface area (Å²) in [6.45, 7) is 0. The molecule has 8 heavy (non-hydrogen) atoms. The molecule has 0 aromatic heterocycles. The van der Waals surface area contributed by atoms with Crippen LogP contribution in [0.15, 0.2) is 0 Å². The molecule has 0 amide bonds. The molecule has 0 unspecified atom stereocenters. The zero-order valence-corrected chi connectivity index (χ0v) is 5.13. The van der Waals surface area contributed by atoms with Crippen LogP contribution in [-0.2, 0) is 0 Å². The van der Waals surface area contributed by atoms with E-state index in [0.29, 0.717) is 0 Å². The fourth-order valence-electron chi connectivity index (χ4n) is 0.133. The van der Waals surface area contributed by atoms with Crippen LogP contribution in [0.3, 0.4) is 0 Å². The van der Waals surface area contributed by atoms with Crippen molar-refractivity contribution < 1.29 is 13.2 Å². The van der Waals surface area contributed by atoms with E-state index in [1.54, 1.807) is 0 Å². The third kappa shape index (κ3) is 5.93. The first-order valence-electron chi connectivity index (χ1n) is 1.82. The molecule has 0 aliphatic rings. The smallest absolute Gasteiger partial charge is 0.273 e. The van der Waals surface area contributed by atoms with E-state index in [-0.39, 0.29) is 0 Å². The topological polar surface area (TPSA) is 24.1 Å². The average molecular weight is 142 g/mol. The maximum absolute atomic E-state index is 11.2. The van der Waals surface area contributed by atoms with E-state index >= 15 is 0 Å². The first-order valence-corrected chi connectivity index (χ1v) is 2.82. The molecule has 0 fully saturated rings. The van der Waals surface area contributed by atoms with Crippen molar-refractivity contribution in [1.29, 1.82) is 0 Å². The van der Waals surface area contributed by atoms with E-state index in [9.17, 15) is 13.2 Å². The van der Waals surface area contributed by atoms with Crippen molar-refractivity contribution in [2.24, 2.45) is 0 Å². The van der Waals surface area contributed by atoms with E-state index < -0.39 is 15.5 Å². The largest absolute Gasteiger partial charge is 0.376 e. The van der Waals surface area contributed by atoms with Gasteiger partial charge in [0.1, 0.15) is 0 Å². The predicted octanol–water partition coefficient (Wildman–Crippen LogP) is -0.151. The van der Waals surface area contributed by atoms with Gasteiger partial charge in [-0.25, -0.2) is 0 Å². The minimum absolute atomic E-state index is 1.22. The SMILES string of the molecule is CNN[Si]C(F)(F)F. The van der Waals surface area contributed by atoms with E-state index in [2.05, 4.69) is 5.43 Å². The van der Waals surface area contributed by atoms with Gasteiger partial charge in [-0.05, 0) is 7.05 Å². The molecule has 0 rings (SSSR count). The lowest BCUT2D eigenvalue weighted by Crippen LogP contribution is -2.40. The second-order valence-corrected chi connectivity index (χ2v) is 2.06. The molecule has 0 atom stereocenters. The van der Waals surface area contributed by atoms with Crippen LogP contribution in [-0.4, -0.2) is 22.5 Å². The Balaban J connectivity index is 3.11. The van der Waals surface area contributed by atoms with E-state index in [0.717, 1.165) is 0 Å². The number of nitrogens with one attached hydrogen (secondary N) is 2. The van der Waals surface area contributed by atoms with Crippen LogP contribution in [0.1, 0.15) is 0 Å². The molecule has 0 heterocycles. The van der Waals surface area contributed by atoms with Gasteiger partial charge in [-0.1, -0.05) is 0 Å². The number of hydrazine groups is 1. The molecule has 0 saturated heterocycles. The quantitative estimate of drug-likeness (QED) is 0.414. The van der Waals surface area contributed by atoms with Gasteiger partial charge in [0.25, 0.3) is 9.68 Å². The van der Waals surface area contributed by atoms with Crippen molar-refractivity contribution in [2.75, 3.05) is 7.05 Å². The monoisotopic (exact) mass is 142 g/mol. The highest BCUT2D eigenvalue weighted by Gasteiger charge is 2.28. The van der Waals surface area contributed by atoms with Crippen LogP contribution in [0.5, 0.6) is 0 Å². The van der Waals surface area contributed by atoms with Crippen molar-refractivity contribution in [3.05, 3.63) is 0 Å². The standard InChI is InChI=1S/C2H5F3N2Si/c1-6-7-8-2(3,4)5/h6-7H,1H3. The molecule has 6 heteroatoms. The second kappa shape index (κ2) is 3.05. The number of rotatable bonds is 2. The Kier molecular flexibility index (Phi) is 3.03. The number of alkyl halides is 3. The van der Waals surface area contributed by atoms with Gasteiger partial charge < -0.3 is 0 Å². The minimum Gasteiger partial charge on any atom is -0.273 e. The summed E-state index contributed by atoms with van der Waals surface area (Å²) in [6, 6.07) is 0. The summed E-state index contributed by atoms with van der Waals surface area (Å²) in [6.07, 6.45) is 0. The summed E-state index contributed by atoms with van der Waals surface area (Å²) in [4.78, 5) is 0. The molecule has 0 saturated carbocycles. The van der Waals surface area contributed by atoms with Crippen molar-refractivity contribution in [1.82, 2.24) is 10.5 Å². The van der Waals surface area contributed by atoms with Crippen LogP contribution in [0, 0.1) is 0 Å². The fraction of sp³-hybridized carbons (Fsp3) is 1.00. The molecule has 0 aromatic carbocycles. The molecule has 0 aliphatic heterocycles. The van der Waals surface area contributed by atoms with E-state index in [4.69, 9.17) is 0 Å². The average Bonchev–Trinajstić information content (AvgIpc) is 1.59. The lowest BCUT2D eigenvalue weighted by Gasteiger charge is -2.02. The zero-order chi connectivity index (χ0) is 6.62. The van der Waals surface area contributed by atoms with Crippen LogP contribution in [0.25, 0.3) is 0 Å². The van der Waals surface area contributed by atoms with Gasteiger partial charge in [-0.2, -0.15) is 13.2 Å². The van der Waals surface area contributed by atoms with Crippen LogP contribution in [0.4, 0.5) is 13.2 Å². The normalized spacial score (nSPS) is 12.0. The Hall–Kier alpha value is -0.0731. The van der Waals surface area contributed by atoms with Crippen molar-refractivity contribution >= 4 is 9.68 Å². The van der Waals surface area contributed by atoms with Crippen LogP contribution < -0.4 is 10.5 Å². The Morgan fingerprint density at radius 3 is 2.00 bits per heavy atom. The van der Waals surface area contributed by atoms with Gasteiger partial charge in [0.15, 0.2) is 0 Å². The second-order valence-electron chi connectivity index (χ2n) is 0.998. The lowest BCUT2D eigenvalue weighted by molar-refractivity contribution is -0.0489. The first-order chi connectivity index (χ1) is 3.56. The third-order valence-corrected chi connectivity index (χ3v) is 0.988. The fourth-order valence-corrected chi connectivity index (χ4v) is 0.400. The molecule has 2 N–H and O–H groups in total. The molecular formula is C2H5F3N2Si. The molecule has 2 radical (unpaired) electrons. The predicted molar refractivity (Wildman–Crippen MR) is 24.0 cm³/mol. The van der Waals surface area contributed by atoms with Gasteiger partial charge >= 0.3 is 5.80 Å². The molecule has 2 nitrogen and oxygen atoms in total. The number of hydrogen-bond acceptors (Lipinski definition) is 2. The highest BCUT2D eigenvalue weighted by Crippen LogP contribution is 2.09. The van der Waals surface area contributed by atoms with Gasteiger partial charge in [-0.3, -0.25) is 10.5 Å². The summed E-state index contributed by atoms with van der Waals surface area (Å²) < 4.78 is 33.5. The highest BCUT2D eigenvalue weighted by molar-refractivity contribution is 6.34. The summed E-state index contributed by atoms with van der Waals surface area (Å²) in [5.74, 6) is -4.09. The van der Waals surface area contributed by atoms with Crippen molar-refractivity contribution in [3.63, 3.8) is 0 Å².